The van der Waals surface area contributed by atoms with Crippen molar-refractivity contribution in [2.45, 2.75) is 6.04 Å². The Morgan fingerprint density at radius 1 is 0.941 bits per heavy atom. The molecule has 0 saturated carbocycles. The fourth-order valence-corrected chi connectivity index (χ4v) is 1.63. The quantitative estimate of drug-likeness (QED) is 0.797. The molecule has 2 heteroatoms. The maximum Gasteiger partial charge on any atom is 0.0979 e. The molecule has 1 N–H and O–H groups in total. The Hall–Kier alpha value is -1.93. The normalized spacial score (nSPS) is 12.8. The minimum absolute atomic E-state index is 0.0212. The predicted octanol–water partition coefficient (Wildman–Crippen LogP) is 2.84. The molecule has 0 aliphatic heterocycles. The molecule has 2 nitrogen and oxygen atoms in total. The molecule has 0 fully saturated rings. The van der Waals surface area contributed by atoms with E-state index in [0.29, 0.717) is 0 Å². The third kappa shape index (κ3) is 3.26. The Kier molecular flexibility index (Phi) is 4.05. The first-order valence-electron chi connectivity index (χ1n) is 5.64. The summed E-state index contributed by atoms with van der Waals surface area (Å²) < 4.78 is 0. The molecule has 2 aromatic rings. The van der Waals surface area contributed by atoms with Crippen molar-refractivity contribution in [2.75, 3.05) is 6.61 Å². The molecule has 0 aliphatic rings. The van der Waals surface area contributed by atoms with Gasteiger partial charge in [0.2, 0.25) is 0 Å². The van der Waals surface area contributed by atoms with Crippen molar-refractivity contribution >= 4 is 6.21 Å². The molecule has 17 heavy (non-hydrogen) atoms. The van der Waals surface area contributed by atoms with Gasteiger partial charge in [0.15, 0.2) is 0 Å². The topological polar surface area (TPSA) is 32.6 Å². The highest BCUT2D eigenvalue weighted by Gasteiger charge is 2.06. The van der Waals surface area contributed by atoms with E-state index in [2.05, 4.69) is 4.99 Å². The Labute approximate surface area is 101 Å². The van der Waals surface area contributed by atoms with Gasteiger partial charge in [0, 0.05) is 6.21 Å². The molecule has 0 aromatic heterocycles. The molecule has 1 atom stereocenters. The first kappa shape index (κ1) is 11.6. The molecule has 86 valence electrons. The zero-order valence-corrected chi connectivity index (χ0v) is 9.53. The summed E-state index contributed by atoms with van der Waals surface area (Å²) in [6.45, 7) is 0.0212. The number of benzene rings is 2. The molecule has 0 radical (unpaired) electrons. The van der Waals surface area contributed by atoms with Gasteiger partial charge >= 0.3 is 0 Å². The maximum absolute atomic E-state index is 9.34. The molecular weight excluding hydrogens is 210 g/mol. The first-order chi connectivity index (χ1) is 8.40. The molecule has 2 aromatic carbocycles. The molecule has 2 rings (SSSR count). The summed E-state index contributed by atoms with van der Waals surface area (Å²) >= 11 is 0. The lowest BCUT2D eigenvalue weighted by atomic mass is 10.1. The third-order valence-corrected chi connectivity index (χ3v) is 2.56. The molecule has 0 unspecified atom stereocenters. The molecule has 0 spiro atoms. The van der Waals surface area contributed by atoms with Gasteiger partial charge in [-0.1, -0.05) is 60.7 Å². The fraction of sp³-hybridized carbons (Fsp3) is 0.133. The van der Waals surface area contributed by atoms with E-state index in [1.165, 1.54) is 0 Å². The Morgan fingerprint density at radius 2 is 1.53 bits per heavy atom. The molecule has 0 amide bonds. The van der Waals surface area contributed by atoms with Crippen LogP contribution in [0.1, 0.15) is 17.2 Å². The standard InChI is InChI=1S/C15H15NO/c17-12-15(14-9-5-2-6-10-14)16-11-13-7-3-1-4-8-13/h1-11,15,17H,12H2/t15-/m0/s1. The van der Waals surface area contributed by atoms with E-state index in [-0.39, 0.29) is 12.6 Å². The summed E-state index contributed by atoms with van der Waals surface area (Å²) in [5.74, 6) is 0. The van der Waals surface area contributed by atoms with Crippen LogP contribution in [0.25, 0.3) is 0 Å². The zero-order valence-electron chi connectivity index (χ0n) is 9.53. The van der Waals surface area contributed by atoms with Crippen LogP contribution < -0.4 is 0 Å². The Morgan fingerprint density at radius 3 is 2.12 bits per heavy atom. The van der Waals surface area contributed by atoms with Gasteiger partial charge in [-0.15, -0.1) is 0 Å². The lowest BCUT2D eigenvalue weighted by Gasteiger charge is -2.08. The third-order valence-electron chi connectivity index (χ3n) is 2.56. The number of hydrogen-bond acceptors (Lipinski definition) is 2. The highest BCUT2D eigenvalue weighted by Crippen LogP contribution is 2.15. The summed E-state index contributed by atoms with van der Waals surface area (Å²) in [4.78, 5) is 4.41. The van der Waals surface area contributed by atoms with E-state index in [1.807, 2.05) is 60.7 Å². The Balaban J connectivity index is 2.14. The second-order valence-corrected chi connectivity index (χ2v) is 3.80. The van der Waals surface area contributed by atoms with Gasteiger partial charge in [-0.3, -0.25) is 4.99 Å². The van der Waals surface area contributed by atoms with Crippen LogP contribution in [0.5, 0.6) is 0 Å². The van der Waals surface area contributed by atoms with E-state index in [9.17, 15) is 5.11 Å². The van der Waals surface area contributed by atoms with E-state index >= 15 is 0 Å². The molecule has 0 saturated heterocycles. The van der Waals surface area contributed by atoms with Gasteiger partial charge in [-0.2, -0.15) is 0 Å². The summed E-state index contributed by atoms with van der Waals surface area (Å²) in [7, 11) is 0. The van der Waals surface area contributed by atoms with E-state index in [1.54, 1.807) is 6.21 Å². The average Bonchev–Trinajstić information content (AvgIpc) is 2.42. The highest BCUT2D eigenvalue weighted by molar-refractivity contribution is 5.79. The van der Waals surface area contributed by atoms with Crippen molar-refractivity contribution in [3.63, 3.8) is 0 Å². The zero-order chi connectivity index (χ0) is 11.9. The minimum Gasteiger partial charge on any atom is -0.394 e. The summed E-state index contributed by atoms with van der Waals surface area (Å²) in [6, 6.07) is 19.5. The number of aliphatic hydroxyl groups is 1. The number of aliphatic hydroxyl groups excluding tert-OH is 1. The largest absolute Gasteiger partial charge is 0.394 e. The maximum atomic E-state index is 9.34. The van der Waals surface area contributed by atoms with Crippen LogP contribution in [0.3, 0.4) is 0 Å². The lowest BCUT2D eigenvalue weighted by Crippen LogP contribution is -2.01. The predicted molar refractivity (Wildman–Crippen MR) is 70.3 cm³/mol. The SMILES string of the molecule is OC[C@H](N=Cc1ccccc1)c1ccccc1. The second-order valence-electron chi connectivity index (χ2n) is 3.80. The van der Waals surface area contributed by atoms with Crippen molar-refractivity contribution < 1.29 is 5.11 Å². The average molecular weight is 225 g/mol. The smallest absolute Gasteiger partial charge is 0.0979 e. The van der Waals surface area contributed by atoms with Gasteiger partial charge < -0.3 is 5.11 Å². The molecule has 0 bridgehead atoms. The monoisotopic (exact) mass is 225 g/mol. The van der Waals surface area contributed by atoms with Crippen LogP contribution in [0.2, 0.25) is 0 Å². The summed E-state index contributed by atoms with van der Waals surface area (Å²) in [6.07, 6.45) is 1.80. The van der Waals surface area contributed by atoms with Gasteiger partial charge in [0.1, 0.15) is 0 Å². The van der Waals surface area contributed by atoms with Gasteiger partial charge in [0.05, 0.1) is 12.6 Å². The number of aliphatic imine (C=N–C) groups is 1. The van der Waals surface area contributed by atoms with Crippen molar-refractivity contribution in [1.29, 1.82) is 0 Å². The van der Waals surface area contributed by atoms with Gasteiger partial charge in [-0.25, -0.2) is 0 Å². The highest BCUT2D eigenvalue weighted by atomic mass is 16.3. The van der Waals surface area contributed by atoms with Gasteiger partial charge in [-0.05, 0) is 11.1 Å². The van der Waals surface area contributed by atoms with Crippen LogP contribution in [0, 0.1) is 0 Å². The van der Waals surface area contributed by atoms with Crippen LogP contribution >= 0.6 is 0 Å². The van der Waals surface area contributed by atoms with Gasteiger partial charge in [0.25, 0.3) is 0 Å². The van der Waals surface area contributed by atoms with Crippen LogP contribution in [0.15, 0.2) is 65.7 Å². The number of rotatable bonds is 4. The van der Waals surface area contributed by atoms with Crippen LogP contribution in [-0.2, 0) is 0 Å². The molecule has 0 heterocycles. The number of nitrogens with zero attached hydrogens (tertiary/aromatic N) is 1. The minimum atomic E-state index is -0.184. The molecular formula is C15H15NO. The summed E-state index contributed by atoms with van der Waals surface area (Å²) in [5, 5.41) is 9.34. The van der Waals surface area contributed by atoms with Crippen molar-refractivity contribution in [3.8, 4) is 0 Å². The first-order valence-corrected chi connectivity index (χ1v) is 5.64. The van der Waals surface area contributed by atoms with E-state index in [0.717, 1.165) is 11.1 Å². The van der Waals surface area contributed by atoms with Crippen molar-refractivity contribution in [1.82, 2.24) is 0 Å². The van der Waals surface area contributed by atoms with Crippen LogP contribution in [0.4, 0.5) is 0 Å². The second kappa shape index (κ2) is 5.97. The fourth-order valence-electron chi connectivity index (χ4n) is 1.63. The lowest BCUT2D eigenvalue weighted by molar-refractivity contribution is 0.269. The molecule has 0 aliphatic carbocycles. The van der Waals surface area contributed by atoms with Crippen LogP contribution in [-0.4, -0.2) is 17.9 Å². The summed E-state index contributed by atoms with van der Waals surface area (Å²) in [5.41, 5.74) is 2.07. The number of hydrogen-bond donors (Lipinski definition) is 1. The van der Waals surface area contributed by atoms with E-state index < -0.39 is 0 Å². The van der Waals surface area contributed by atoms with Crippen molar-refractivity contribution in [2.24, 2.45) is 4.99 Å². The Bertz CT molecular complexity index is 465. The van der Waals surface area contributed by atoms with E-state index in [4.69, 9.17) is 0 Å². The van der Waals surface area contributed by atoms with Crippen molar-refractivity contribution in [3.05, 3.63) is 71.8 Å².